The second kappa shape index (κ2) is 6.64. The summed E-state index contributed by atoms with van der Waals surface area (Å²) in [5.41, 5.74) is 0.861. The standard InChI is InChI=1S/C16H19N3O4S/c1-2-19(13-8-9-24(21,22)11-13)16(20)17-15-10-14(23-18-15)12-6-4-3-5-7-12/h3-7,10,13H,2,8-9,11H2,1H3,(H,17,18,20). The van der Waals surface area contributed by atoms with Crippen molar-refractivity contribution in [1.29, 1.82) is 0 Å². The van der Waals surface area contributed by atoms with Crippen molar-refractivity contribution in [2.45, 2.75) is 19.4 Å². The number of carbonyl (C=O) groups excluding carboxylic acids is 1. The third kappa shape index (κ3) is 3.59. The number of hydrogen-bond donors (Lipinski definition) is 1. The molecule has 1 fully saturated rings. The van der Waals surface area contributed by atoms with Crippen molar-refractivity contribution in [1.82, 2.24) is 10.1 Å². The van der Waals surface area contributed by atoms with Gasteiger partial charge in [-0.3, -0.25) is 5.32 Å². The molecule has 1 aliphatic rings. The number of hydrogen-bond acceptors (Lipinski definition) is 5. The Morgan fingerprint density at radius 3 is 2.75 bits per heavy atom. The minimum atomic E-state index is -3.04. The van der Waals surface area contributed by atoms with Crippen LogP contribution in [0.4, 0.5) is 10.6 Å². The Hall–Kier alpha value is -2.35. The SMILES string of the molecule is CCN(C(=O)Nc1cc(-c2ccccc2)on1)C1CCS(=O)(=O)C1. The van der Waals surface area contributed by atoms with Crippen molar-refractivity contribution in [3.63, 3.8) is 0 Å². The number of amides is 2. The second-order valence-corrected chi connectivity index (χ2v) is 7.94. The van der Waals surface area contributed by atoms with Crippen LogP contribution in [0.1, 0.15) is 13.3 Å². The van der Waals surface area contributed by atoms with Crippen LogP contribution >= 0.6 is 0 Å². The van der Waals surface area contributed by atoms with Crippen molar-refractivity contribution in [2.75, 3.05) is 23.4 Å². The molecule has 0 radical (unpaired) electrons. The summed E-state index contributed by atoms with van der Waals surface area (Å²) in [6, 6.07) is 10.4. The molecule has 8 heteroatoms. The monoisotopic (exact) mass is 349 g/mol. The summed E-state index contributed by atoms with van der Waals surface area (Å²) < 4.78 is 28.5. The van der Waals surface area contributed by atoms with E-state index in [2.05, 4.69) is 10.5 Å². The molecule has 7 nitrogen and oxygen atoms in total. The summed E-state index contributed by atoms with van der Waals surface area (Å²) in [5.74, 6) is 1.00. The van der Waals surface area contributed by atoms with Gasteiger partial charge >= 0.3 is 6.03 Å². The van der Waals surface area contributed by atoms with Gasteiger partial charge in [0.2, 0.25) is 0 Å². The van der Waals surface area contributed by atoms with E-state index in [1.165, 1.54) is 4.90 Å². The smallest absolute Gasteiger partial charge is 0.323 e. The van der Waals surface area contributed by atoms with Crippen LogP contribution in [0.5, 0.6) is 0 Å². The van der Waals surface area contributed by atoms with Gasteiger partial charge in [0.25, 0.3) is 0 Å². The third-order valence-corrected chi connectivity index (χ3v) is 5.80. The van der Waals surface area contributed by atoms with Crippen LogP contribution < -0.4 is 5.32 Å². The molecule has 0 aliphatic carbocycles. The molecule has 3 rings (SSSR count). The van der Waals surface area contributed by atoms with Crippen molar-refractivity contribution in [2.24, 2.45) is 0 Å². The summed E-state index contributed by atoms with van der Waals surface area (Å²) in [7, 11) is -3.04. The normalized spacial score (nSPS) is 19.1. The molecule has 1 saturated heterocycles. The zero-order chi connectivity index (χ0) is 17.2. The summed E-state index contributed by atoms with van der Waals surface area (Å²) in [4.78, 5) is 14.0. The van der Waals surface area contributed by atoms with Crippen LogP contribution in [-0.2, 0) is 9.84 Å². The lowest BCUT2D eigenvalue weighted by Gasteiger charge is -2.26. The average molecular weight is 349 g/mol. The lowest BCUT2D eigenvalue weighted by Crippen LogP contribution is -2.43. The molecular weight excluding hydrogens is 330 g/mol. The Bertz CT molecular complexity index is 817. The minimum absolute atomic E-state index is 0.0162. The van der Waals surface area contributed by atoms with Crippen molar-refractivity contribution in [3.8, 4) is 11.3 Å². The van der Waals surface area contributed by atoms with Crippen LogP contribution in [0.2, 0.25) is 0 Å². The molecule has 1 unspecified atom stereocenters. The first-order valence-electron chi connectivity index (χ1n) is 7.78. The summed E-state index contributed by atoms with van der Waals surface area (Å²) in [6.07, 6.45) is 0.470. The number of urea groups is 1. The van der Waals surface area contributed by atoms with E-state index in [9.17, 15) is 13.2 Å². The van der Waals surface area contributed by atoms with Crippen LogP contribution in [0.25, 0.3) is 11.3 Å². The lowest BCUT2D eigenvalue weighted by atomic mass is 10.2. The van der Waals surface area contributed by atoms with Crippen molar-refractivity contribution < 1.29 is 17.7 Å². The van der Waals surface area contributed by atoms with E-state index in [1.807, 2.05) is 37.3 Å². The fourth-order valence-electron chi connectivity index (χ4n) is 2.84. The molecule has 1 aromatic heterocycles. The van der Waals surface area contributed by atoms with Crippen LogP contribution in [0.15, 0.2) is 40.9 Å². The van der Waals surface area contributed by atoms with E-state index in [0.717, 1.165) is 5.56 Å². The quantitative estimate of drug-likeness (QED) is 0.915. The lowest BCUT2D eigenvalue weighted by molar-refractivity contribution is 0.197. The molecule has 128 valence electrons. The molecule has 0 bridgehead atoms. The van der Waals surface area contributed by atoms with E-state index >= 15 is 0 Å². The molecule has 0 saturated carbocycles. The van der Waals surface area contributed by atoms with Gasteiger partial charge < -0.3 is 9.42 Å². The van der Waals surface area contributed by atoms with Gasteiger partial charge in [-0.1, -0.05) is 35.5 Å². The topological polar surface area (TPSA) is 92.5 Å². The number of sulfone groups is 1. The molecule has 1 aromatic carbocycles. The first-order chi connectivity index (χ1) is 11.5. The zero-order valence-electron chi connectivity index (χ0n) is 13.3. The maximum absolute atomic E-state index is 12.4. The molecule has 2 heterocycles. The van der Waals surface area contributed by atoms with Crippen LogP contribution in [0, 0.1) is 0 Å². The highest BCUT2D eigenvalue weighted by Gasteiger charge is 2.34. The molecule has 2 amide bonds. The predicted molar refractivity (Wildman–Crippen MR) is 90.4 cm³/mol. The van der Waals surface area contributed by atoms with Gasteiger partial charge in [-0.2, -0.15) is 0 Å². The maximum Gasteiger partial charge on any atom is 0.323 e. The number of nitrogens with one attached hydrogen (secondary N) is 1. The molecule has 1 atom stereocenters. The largest absolute Gasteiger partial charge is 0.354 e. The summed E-state index contributed by atoms with van der Waals surface area (Å²) in [5, 5.41) is 6.53. The van der Waals surface area contributed by atoms with Crippen molar-refractivity contribution >= 4 is 21.7 Å². The second-order valence-electron chi connectivity index (χ2n) is 5.72. The van der Waals surface area contributed by atoms with Gasteiger partial charge in [-0.25, -0.2) is 13.2 Å². The average Bonchev–Trinajstić information content (AvgIpc) is 3.16. The van der Waals surface area contributed by atoms with Gasteiger partial charge in [0, 0.05) is 24.2 Å². The first kappa shape index (κ1) is 16.5. The molecule has 0 spiro atoms. The van der Waals surface area contributed by atoms with Crippen molar-refractivity contribution in [3.05, 3.63) is 36.4 Å². The van der Waals surface area contributed by atoms with E-state index in [1.54, 1.807) is 6.07 Å². The van der Waals surface area contributed by atoms with E-state index < -0.39 is 9.84 Å². The molecule has 1 N–H and O–H groups in total. The van der Waals surface area contributed by atoms with Gasteiger partial charge in [-0.05, 0) is 13.3 Å². The van der Waals surface area contributed by atoms with Gasteiger partial charge in [-0.15, -0.1) is 0 Å². The van der Waals surface area contributed by atoms with Crippen LogP contribution in [0.3, 0.4) is 0 Å². The number of rotatable bonds is 4. The Labute approximate surface area is 140 Å². The Morgan fingerprint density at radius 1 is 1.38 bits per heavy atom. The van der Waals surface area contributed by atoms with Crippen LogP contribution in [-0.4, -0.2) is 48.6 Å². The molecule has 24 heavy (non-hydrogen) atoms. The highest BCUT2D eigenvalue weighted by molar-refractivity contribution is 7.91. The Morgan fingerprint density at radius 2 is 2.12 bits per heavy atom. The Kier molecular flexibility index (Phi) is 4.57. The highest BCUT2D eigenvalue weighted by Crippen LogP contribution is 2.23. The molecule has 2 aromatic rings. The van der Waals surface area contributed by atoms with Gasteiger partial charge in [0.1, 0.15) is 0 Å². The molecular formula is C16H19N3O4S. The summed E-state index contributed by atoms with van der Waals surface area (Å²) >= 11 is 0. The first-order valence-corrected chi connectivity index (χ1v) is 9.61. The third-order valence-electron chi connectivity index (χ3n) is 4.05. The maximum atomic E-state index is 12.4. The van der Waals surface area contributed by atoms with Gasteiger partial charge in [0.15, 0.2) is 21.4 Å². The van der Waals surface area contributed by atoms with Gasteiger partial charge in [0.05, 0.1) is 11.5 Å². The minimum Gasteiger partial charge on any atom is -0.354 e. The fraction of sp³-hybridized carbons (Fsp3) is 0.375. The number of anilines is 1. The number of aromatic nitrogens is 1. The highest BCUT2D eigenvalue weighted by atomic mass is 32.2. The zero-order valence-corrected chi connectivity index (χ0v) is 14.1. The summed E-state index contributed by atoms with van der Waals surface area (Å²) in [6.45, 7) is 2.25. The van der Waals surface area contributed by atoms with E-state index in [-0.39, 0.29) is 23.6 Å². The predicted octanol–water partition coefficient (Wildman–Crippen LogP) is 2.38. The van der Waals surface area contributed by atoms with E-state index in [0.29, 0.717) is 24.5 Å². The number of nitrogens with zero attached hydrogens (tertiary/aromatic N) is 2. The molecule has 1 aliphatic heterocycles. The Balaban J connectivity index is 1.69. The number of carbonyl (C=O) groups is 1. The number of benzene rings is 1. The fourth-order valence-corrected chi connectivity index (χ4v) is 4.57. The van der Waals surface area contributed by atoms with E-state index in [4.69, 9.17) is 4.52 Å².